The van der Waals surface area contributed by atoms with Crippen molar-refractivity contribution in [3.05, 3.63) is 33.3 Å². The zero-order valence-corrected chi connectivity index (χ0v) is 12.6. The first-order valence-electron chi connectivity index (χ1n) is 5.36. The number of hydrogen-bond acceptors (Lipinski definition) is 1. The van der Waals surface area contributed by atoms with E-state index in [0.29, 0.717) is 20.9 Å². The van der Waals surface area contributed by atoms with Crippen molar-refractivity contribution in [2.75, 3.05) is 5.88 Å². The lowest BCUT2D eigenvalue weighted by atomic mass is 10.1. The van der Waals surface area contributed by atoms with Crippen molar-refractivity contribution >= 4 is 45.0 Å². The molecular weight excluding hydrogens is 325 g/mol. The monoisotopic (exact) mass is 337 g/mol. The van der Waals surface area contributed by atoms with Crippen LogP contribution in [-0.4, -0.2) is 17.8 Å². The molecule has 0 spiro atoms. The van der Waals surface area contributed by atoms with Gasteiger partial charge in [-0.15, -0.1) is 11.6 Å². The Kier molecular flexibility index (Phi) is 6.31. The van der Waals surface area contributed by atoms with Gasteiger partial charge in [-0.3, -0.25) is 4.79 Å². The van der Waals surface area contributed by atoms with Gasteiger partial charge in [0.15, 0.2) is 0 Å². The molecule has 0 radical (unpaired) electrons. The first kappa shape index (κ1) is 14.8. The van der Waals surface area contributed by atoms with Crippen LogP contribution in [0.4, 0.5) is 0 Å². The summed E-state index contributed by atoms with van der Waals surface area (Å²) in [7, 11) is 0. The third-order valence-electron chi connectivity index (χ3n) is 2.32. The van der Waals surface area contributed by atoms with E-state index in [0.717, 1.165) is 12.8 Å². The average Bonchev–Trinajstić information content (AvgIpc) is 2.26. The van der Waals surface area contributed by atoms with Gasteiger partial charge in [0, 0.05) is 21.4 Å². The highest BCUT2D eigenvalue weighted by Crippen LogP contribution is 2.21. The van der Waals surface area contributed by atoms with E-state index in [2.05, 4.69) is 21.2 Å². The third kappa shape index (κ3) is 4.86. The Morgan fingerprint density at radius 2 is 2.24 bits per heavy atom. The lowest BCUT2D eigenvalue weighted by molar-refractivity contribution is 0.0937. The molecule has 0 aliphatic heterocycles. The molecule has 0 saturated carbocycles. The molecular formula is C12H14BrCl2NO. The van der Waals surface area contributed by atoms with Crippen LogP contribution in [0.5, 0.6) is 0 Å². The molecule has 0 bridgehead atoms. The molecule has 1 aromatic rings. The summed E-state index contributed by atoms with van der Waals surface area (Å²) >= 11 is 14.8. The van der Waals surface area contributed by atoms with Crippen molar-refractivity contribution in [2.24, 2.45) is 0 Å². The van der Waals surface area contributed by atoms with Gasteiger partial charge in [-0.2, -0.15) is 0 Å². The molecule has 1 unspecified atom stereocenters. The standard InChI is InChI=1S/C12H14BrCl2NO/c1-8(3-2-6-14)16-12(17)10-5-4-9(15)7-11(10)13/h4-5,7-8H,2-3,6H2,1H3,(H,16,17). The van der Waals surface area contributed by atoms with Gasteiger partial charge in [-0.1, -0.05) is 11.6 Å². The van der Waals surface area contributed by atoms with E-state index in [4.69, 9.17) is 23.2 Å². The van der Waals surface area contributed by atoms with E-state index in [1.807, 2.05) is 6.92 Å². The van der Waals surface area contributed by atoms with Crippen LogP contribution in [0.1, 0.15) is 30.1 Å². The summed E-state index contributed by atoms with van der Waals surface area (Å²) in [5, 5.41) is 3.52. The molecule has 1 atom stereocenters. The molecule has 1 rings (SSSR count). The summed E-state index contributed by atoms with van der Waals surface area (Å²) in [5.41, 5.74) is 0.590. The first-order chi connectivity index (χ1) is 8.04. The van der Waals surface area contributed by atoms with Gasteiger partial charge in [0.2, 0.25) is 0 Å². The number of amides is 1. The Balaban J connectivity index is 2.63. The summed E-state index contributed by atoms with van der Waals surface area (Å²) in [5.74, 6) is 0.515. The van der Waals surface area contributed by atoms with Crippen molar-refractivity contribution in [2.45, 2.75) is 25.8 Å². The van der Waals surface area contributed by atoms with Crippen molar-refractivity contribution in [1.82, 2.24) is 5.32 Å². The molecule has 0 aliphatic rings. The van der Waals surface area contributed by atoms with Gasteiger partial charge >= 0.3 is 0 Å². The quantitative estimate of drug-likeness (QED) is 0.799. The van der Waals surface area contributed by atoms with Crippen LogP contribution < -0.4 is 5.32 Å². The number of alkyl halides is 1. The van der Waals surface area contributed by atoms with E-state index in [1.165, 1.54) is 0 Å². The van der Waals surface area contributed by atoms with Crippen molar-refractivity contribution in [3.63, 3.8) is 0 Å². The van der Waals surface area contributed by atoms with Crippen molar-refractivity contribution in [1.29, 1.82) is 0 Å². The van der Waals surface area contributed by atoms with Crippen LogP contribution in [-0.2, 0) is 0 Å². The maximum Gasteiger partial charge on any atom is 0.252 e. The maximum atomic E-state index is 11.9. The Labute approximate surface area is 120 Å². The molecule has 0 aliphatic carbocycles. The number of carbonyl (C=O) groups excluding carboxylic acids is 1. The molecule has 17 heavy (non-hydrogen) atoms. The number of halogens is 3. The van der Waals surface area contributed by atoms with E-state index >= 15 is 0 Å². The van der Waals surface area contributed by atoms with Gasteiger partial charge in [0.1, 0.15) is 0 Å². The fourth-order valence-electron chi connectivity index (χ4n) is 1.43. The molecule has 0 heterocycles. The van der Waals surface area contributed by atoms with Crippen LogP contribution in [0, 0.1) is 0 Å². The summed E-state index contributed by atoms with van der Waals surface area (Å²) in [6, 6.07) is 5.23. The fourth-order valence-corrected chi connectivity index (χ4v) is 2.45. The summed E-state index contributed by atoms with van der Waals surface area (Å²) in [4.78, 5) is 11.9. The Bertz CT molecular complexity index is 398. The number of nitrogens with one attached hydrogen (secondary N) is 1. The highest BCUT2D eigenvalue weighted by Gasteiger charge is 2.12. The Morgan fingerprint density at radius 1 is 1.53 bits per heavy atom. The predicted molar refractivity (Wildman–Crippen MR) is 76.0 cm³/mol. The minimum Gasteiger partial charge on any atom is -0.350 e. The zero-order chi connectivity index (χ0) is 12.8. The molecule has 0 fully saturated rings. The number of hydrogen-bond donors (Lipinski definition) is 1. The zero-order valence-electron chi connectivity index (χ0n) is 9.47. The third-order valence-corrected chi connectivity index (χ3v) is 3.48. The second kappa shape index (κ2) is 7.24. The first-order valence-corrected chi connectivity index (χ1v) is 7.07. The van der Waals surface area contributed by atoms with E-state index in [1.54, 1.807) is 18.2 Å². The normalized spacial score (nSPS) is 12.2. The predicted octanol–water partition coefficient (Wildman–Crippen LogP) is 4.24. The second-order valence-electron chi connectivity index (χ2n) is 3.83. The SMILES string of the molecule is CC(CCCCl)NC(=O)c1ccc(Cl)cc1Br. The number of carbonyl (C=O) groups is 1. The maximum absolute atomic E-state index is 11.9. The Morgan fingerprint density at radius 3 is 2.82 bits per heavy atom. The molecule has 1 N–H and O–H groups in total. The summed E-state index contributed by atoms with van der Waals surface area (Å²) in [6.45, 7) is 1.97. The summed E-state index contributed by atoms with van der Waals surface area (Å²) in [6.07, 6.45) is 1.77. The number of rotatable bonds is 5. The molecule has 94 valence electrons. The molecule has 5 heteroatoms. The molecule has 0 saturated heterocycles. The largest absolute Gasteiger partial charge is 0.350 e. The molecule has 0 aromatic heterocycles. The topological polar surface area (TPSA) is 29.1 Å². The van der Waals surface area contributed by atoms with Gasteiger partial charge in [0.25, 0.3) is 5.91 Å². The van der Waals surface area contributed by atoms with Gasteiger partial charge in [-0.25, -0.2) is 0 Å². The fraction of sp³-hybridized carbons (Fsp3) is 0.417. The Hall–Kier alpha value is -0.250. The average molecular weight is 339 g/mol. The second-order valence-corrected chi connectivity index (χ2v) is 5.50. The van der Waals surface area contributed by atoms with Crippen molar-refractivity contribution in [3.8, 4) is 0 Å². The van der Waals surface area contributed by atoms with Crippen molar-refractivity contribution < 1.29 is 4.79 Å². The number of benzene rings is 1. The molecule has 2 nitrogen and oxygen atoms in total. The van der Waals surface area contributed by atoms with Crippen LogP contribution in [0.15, 0.2) is 22.7 Å². The highest BCUT2D eigenvalue weighted by molar-refractivity contribution is 9.10. The van der Waals surface area contributed by atoms with Gasteiger partial charge in [0.05, 0.1) is 5.56 Å². The van der Waals surface area contributed by atoms with E-state index < -0.39 is 0 Å². The minimum absolute atomic E-state index is 0.101. The van der Waals surface area contributed by atoms with Gasteiger partial charge < -0.3 is 5.32 Å². The van der Waals surface area contributed by atoms with Crippen LogP contribution in [0.2, 0.25) is 5.02 Å². The van der Waals surface area contributed by atoms with Crippen LogP contribution in [0.25, 0.3) is 0 Å². The smallest absolute Gasteiger partial charge is 0.252 e. The molecule has 1 aromatic carbocycles. The van der Waals surface area contributed by atoms with Gasteiger partial charge in [-0.05, 0) is 53.9 Å². The minimum atomic E-state index is -0.101. The van der Waals surface area contributed by atoms with Crippen LogP contribution in [0.3, 0.4) is 0 Å². The lowest BCUT2D eigenvalue weighted by Crippen LogP contribution is -2.32. The molecule has 1 amide bonds. The van der Waals surface area contributed by atoms with Crippen LogP contribution >= 0.6 is 39.1 Å². The summed E-state index contributed by atoms with van der Waals surface area (Å²) < 4.78 is 0.701. The lowest BCUT2D eigenvalue weighted by Gasteiger charge is -2.13. The van der Waals surface area contributed by atoms with E-state index in [-0.39, 0.29) is 11.9 Å². The van der Waals surface area contributed by atoms with E-state index in [9.17, 15) is 4.79 Å². The highest BCUT2D eigenvalue weighted by atomic mass is 79.9.